The zero-order valence-electron chi connectivity index (χ0n) is 18.0. The summed E-state index contributed by atoms with van der Waals surface area (Å²) in [6, 6.07) is 18.9. The molecule has 0 aliphatic carbocycles. The van der Waals surface area contributed by atoms with Gasteiger partial charge < -0.3 is 14.8 Å². The van der Waals surface area contributed by atoms with Crippen LogP contribution in [0, 0.1) is 6.92 Å². The second-order valence-electron chi connectivity index (χ2n) is 7.64. The first-order valence-electron chi connectivity index (χ1n) is 10.3. The van der Waals surface area contributed by atoms with Crippen LogP contribution in [0.3, 0.4) is 0 Å². The van der Waals surface area contributed by atoms with Gasteiger partial charge in [0.1, 0.15) is 0 Å². The number of aryl methyl sites for hydroxylation is 1. The largest absolute Gasteiger partial charge is 0.454 e. The number of nitrogens with one attached hydrogen (secondary N) is 1. The molecular weight excluding hydrogens is 464 g/mol. The van der Waals surface area contributed by atoms with E-state index in [9.17, 15) is 13.2 Å². The minimum absolute atomic E-state index is 0.0344. The molecule has 0 saturated carbocycles. The van der Waals surface area contributed by atoms with Gasteiger partial charge >= 0.3 is 0 Å². The summed E-state index contributed by atoms with van der Waals surface area (Å²) in [5.74, 6) is 0.833. The van der Waals surface area contributed by atoms with Gasteiger partial charge in [0.2, 0.25) is 22.7 Å². The number of rotatable bonds is 8. The normalized spacial score (nSPS) is 12.7. The van der Waals surface area contributed by atoms with Crippen LogP contribution in [0.4, 0.5) is 0 Å². The lowest BCUT2D eigenvalue weighted by atomic mass is 10.2. The standard InChI is InChI=1S/C24H23ClN2O5S/c1-17-6-9-20(10-7-17)33(29,30)27(14-19-4-2-3-5-21(19)25)15-24(28)26-13-18-8-11-22-23(12-18)32-16-31-22/h2-12H,13-16H2,1H3,(H,26,28). The van der Waals surface area contributed by atoms with E-state index < -0.39 is 15.9 Å². The average Bonchev–Trinajstić information content (AvgIpc) is 3.27. The summed E-state index contributed by atoms with van der Waals surface area (Å²) in [5.41, 5.74) is 2.36. The Bertz CT molecular complexity index is 1260. The van der Waals surface area contributed by atoms with Crippen molar-refractivity contribution in [1.82, 2.24) is 9.62 Å². The van der Waals surface area contributed by atoms with Crippen LogP contribution < -0.4 is 14.8 Å². The molecule has 33 heavy (non-hydrogen) atoms. The fraction of sp³-hybridized carbons (Fsp3) is 0.208. The number of nitrogens with zero attached hydrogens (tertiary/aromatic N) is 1. The fourth-order valence-corrected chi connectivity index (χ4v) is 4.94. The van der Waals surface area contributed by atoms with Gasteiger partial charge in [-0.05, 0) is 48.4 Å². The van der Waals surface area contributed by atoms with Gasteiger partial charge in [0.25, 0.3) is 0 Å². The van der Waals surface area contributed by atoms with Crippen molar-refractivity contribution in [3.05, 3.63) is 88.4 Å². The molecule has 0 fully saturated rings. The summed E-state index contributed by atoms with van der Waals surface area (Å²) in [6.45, 7) is 1.87. The van der Waals surface area contributed by atoms with Gasteiger partial charge in [0.05, 0.1) is 11.4 Å². The van der Waals surface area contributed by atoms with E-state index in [-0.39, 0.29) is 31.3 Å². The number of hydrogen-bond acceptors (Lipinski definition) is 5. The average molecular weight is 487 g/mol. The number of fused-ring (bicyclic) bond motifs is 1. The van der Waals surface area contributed by atoms with Gasteiger partial charge in [0.15, 0.2) is 11.5 Å². The monoisotopic (exact) mass is 486 g/mol. The lowest BCUT2D eigenvalue weighted by molar-refractivity contribution is -0.121. The molecule has 4 rings (SSSR count). The zero-order valence-corrected chi connectivity index (χ0v) is 19.5. The molecule has 1 aliphatic heterocycles. The first-order valence-corrected chi connectivity index (χ1v) is 12.1. The third kappa shape index (κ3) is 5.47. The number of ether oxygens (including phenoxy) is 2. The van der Waals surface area contributed by atoms with Crippen molar-refractivity contribution in [1.29, 1.82) is 0 Å². The van der Waals surface area contributed by atoms with E-state index in [0.717, 1.165) is 15.4 Å². The number of carbonyl (C=O) groups excluding carboxylic acids is 1. The highest BCUT2D eigenvalue weighted by Gasteiger charge is 2.27. The van der Waals surface area contributed by atoms with Crippen molar-refractivity contribution in [3.63, 3.8) is 0 Å². The highest BCUT2D eigenvalue weighted by molar-refractivity contribution is 7.89. The Hall–Kier alpha value is -3.07. The quantitative estimate of drug-likeness (QED) is 0.522. The predicted octanol–water partition coefficient (Wildman–Crippen LogP) is 3.88. The molecule has 0 saturated heterocycles. The van der Waals surface area contributed by atoms with Crippen LogP contribution in [0.2, 0.25) is 5.02 Å². The highest BCUT2D eigenvalue weighted by Crippen LogP contribution is 2.32. The van der Waals surface area contributed by atoms with Crippen LogP contribution in [0.5, 0.6) is 11.5 Å². The Balaban J connectivity index is 1.51. The van der Waals surface area contributed by atoms with Crippen LogP contribution in [-0.4, -0.2) is 32.0 Å². The molecule has 7 nitrogen and oxygen atoms in total. The van der Waals surface area contributed by atoms with Crippen molar-refractivity contribution in [3.8, 4) is 11.5 Å². The van der Waals surface area contributed by atoms with E-state index in [1.807, 2.05) is 13.0 Å². The molecule has 0 radical (unpaired) electrons. The van der Waals surface area contributed by atoms with Gasteiger partial charge in [-0.25, -0.2) is 8.42 Å². The Morgan fingerprint density at radius 2 is 1.76 bits per heavy atom. The first-order chi connectivity index (χ1) is 15.8. The summed E-state index contributed by atoms with van der Waals surface area (Å²) < 4.78 is 38.5. The molecule has 0 bridgehead atoms. The van der Waals surface area contributed by atoms with E-state index in [0.29, 0.717) is 22.1 Å². The van der Waals surface area contributed by atoms with E-state index in [1.54, 1.807) is 48.5 Å². The fourth-order valence-electron chi connectivity index (χ4n) is 3.37. The topological polar surface area (TPSA) is 84.9 Å². The van der Waals surface area contributed by atoms with Crippen LogP contribution >= 0.6 is 11.6 Å². The molecule has 9 heteroatoms. The van der Waals surface area contributed by atoms with Gasteiger partial charge in [-0.2, -0.15) is 4.31 Å². The maximum atomic E-state index is 13.4. The van der Waals surface area contributed by atoms with Crippen LogP contribution in [0.25, 0.3) is 0 Å². The Labute approximate surface area is 197 Å². The molecule has 3 aromatic carbocycles. The van der Waals surface area contributed by atoms with Crippen molar-refractivity contribution in [2.24, 2.45) is 0 Å². The second-order valence-corrected chi connectivity index (χ2v) is 9.99. The number of halogens is 1. The summed E-state index contributed by atoms with van der Waals surface area (Å²) in [4.78, 5) is 12.9. The van der Waals surface area contributed by atoms with Crippen molar-refractivity contribution < 1.29 is 22.7 Å². The van der Waals surface area contributed by atoms with E-state index in [1.165, 1.54) is 12.1 Å². The molecule has 1 amide bonds. The summed E-state index contributed by atoms with van der Waals surface area (Å²) in [7, 11) is -3.94. The third-order valence-corrected chi connectivity index (χ3v) is 7.38. The summed E-state index contributed by atoms with van der Waals surface area (Å²) >= 11 is 6.27. The lowest BCUT2D eigenvalue weighted by Gasteiger charge is -2.22. The van der Waals surface area contributed by atoms with Crippen LogP contribution in [0.15, 0.2) is 71.6 Å². The Morgan fingerprint density at radius 1 is 1.03 bits per heavy atom. The molecule has 1 heterocycles. The molecular formula is C24H23ClN2O5S. The van der Waals surface area contributed by atoms with Gasteiger partial charge in [-0.15, -0.1) is 0 Å². The molecule has 0 aromatic heterocycles. The first kappa shape index (κ1) is 23.1. The minimum atomic E-state index is -3.94. The Kier molecular flexibility index (Phi) is 6.88. The van der Waals surface area contributed by atoms with Crippen LogP contribution in [-0.2, 0) is 27.9 Å². The maximum Gasteiger partial charge on any atom is 0.243 e. The van der Waals surface area contributed by atoms with Crippen molar-refractivity contribution >= 4 is 27.5 Å². The molecule has 172 valence electrons. The smallest absolute Gasteiger partial charge is 0.243 e. The summed E-state index contributed by atoms with van der Waals surface area (Å²) in [5, 5.41) is 3.21. The van der Waals surface area contributed by atoms with Crippen LogP contribution in [0.1, 0.15) is 16.7 Å². The third-order valence-electron chi connectivity index (χ3n) is 5.21. The van der Waals surface area contributed by atoms with Gasteiger partial charge in [-0.3, -0.25) is 4.79 Å². The molecule has 0 unspecified atom stereocenters. The Morgan fingerprint density at radius 3 is 2.52 bits per heavy atom. The van der Waals surface area contributed by atoms with E-state index >= 15 is 0 Å². The second kappa shape index (κ2) is 9.82. The molecule has 0 spiro atoms. The molecule has 3 aromatic rings. The number of amides is 1. The van der Waals surface area contributed by atoms with Gasteiger partial charge in [0, 0.05) is 18.1 Å². The highest BCUT2D eigenvalue weighted by atomic mass is 35.5. The lowest BCUT2D eigenvalue weighted by Crippen LogP contribution is -2.40. The minimum Gasteiger partial charge on any atom is -0.454 e. The summed E-state index contributed by atoms with van der Waals surface area (Å²) in [6.07, 6.45) is 0. The SMILES string of the molecule is Cc1ccc(S(=O)(=O)N(CC(=O)NCc2ccc3c(c2)OCO3)Cc2ccccc2Cl)cc1. The molecule has 1 N–H and O–H groups in total. The maximum absolute atomic E-state index is 13.4. The molecule has 0 atom stereocenters. The number of benzene rings is 3. The van der Waals surface area contributed by atoms with E-state index in [4.69, 9.17) is 21.1 Å². The van der Waals surface area contributed by atoms with Gasteiger partial charge in [-0.1, -0.05) is 53.6 Å². The predicted molar refractivity (Wildman–Crippen MR) is 125 cm³/mol. The molecule has 1 aliphatic rings. The zero-order chi connectivity index (χ0) is 23.4. The van der Waals surface area contributed by atoms with E-state index in [2.05, 4.69) is 5.32 Å². The number of sulfonamides is 1. The number of hydrogen-bond donors (Lipinski definition) is 1. The van der Waals surface area contributed by atoms with Crippen molar-refractivity contribution in [2.45, 2.75) is 24.9 Å². The van der Waals surface area contributed by atoms with Crippen molar-refractivity contribution in [2.75, 3.05) is 13.3 Å². The number of carbonyl (C=O) groups is 1.